The monoisotopic (exact) mass is 262 g/mol. The van der Waals surface area contributed by atoms with Crippen molar-refractivity contribution < 1.29 is 14.3 Å². The maximum atomic E-state index is 11.6. The van der Waals surface area contributed by atoms with Gasteiger partial charge >= 0.3 is 5.97 Å². The number of hydrogen-bond acceptors (Lipinski definition) is 3. The minimum Gasteiger partial charge on any atom is -0.493 e. The average Bonchev–Trinajstić information content (AvgIpc) is 2.47. The molecule has 0 bridgehead atoms. The van der Waals surface area contributed by atoms with Gasteiger partial charge in [-0.15, -0.1) is 0 Å². The Balaban J connectivity index is 1.70. The molecule has 1 aromatic rings. The minimum absolute atomic E-state index is 0.0232. The second-order valence-corrected chi connectivity index (χ2v) is 5.09. The van der Waals surface area contributed by atoms with Crippen molar-refractivity contribution in [1.82, 2.24) is 0 Å². The molecule has 0 unspecified atom stereocenters. The average molecular weight is 262 g/mol. The Morgan fingerprint density at radius 2 is 1.84 bits per heavy atom. The quantitative estimate of drug-likeness (QED) is 0.763. The summed E-state index contributed by atoms with van der Waals surface area (Å²) in [6, 6.07) is 9.89. The lowest BCUT2D eigenvalue weighted by atomic mass is 9.82. The number of hydrogen-bond donors (Lipinski definition) is 0. The fraction of sp³-hybridized carbons (Fsp3) is 0.562. The Morgan fingerprint density at radius 1 is 1.16 bits per heavy atom. The smallest absolute Gasteiger partial charge is 0.308 e. The van der Waals surface area contributed by atoms with Gasteiger partial charge in [-0.1, -0.05) is 18.2 Å². The van der Waals surface area contributed by atoms with Gasteiger partial charge in [0, 0.05) is 0 Å². The van der Waals surface area contributed by atoms with Gasteiger partial charge in [0.05, 0.1) is 19.1 Å². The Bertz CT molecular complexity index is 380. The molecule has 3 heteroatoms. The Labute approximate surface area is 114 Å². The molecule has 0 amide bonds. The highest BCUT2D eigenvalue weighted by molar-refractivity contribution is 5.72. The van der Waals surface area contributed by atoms with Gasteiger partial charge in [0.1, 0.15) is 5.75 Å². The molecule has 0 N–H and O–H groups in total. The molecule has 0 spiro atoms. The molecule has 0 heterocycles. The summed E-state index contributed by atoms with van der Waals surface area (Å²) in [6.45, 7) is 3.09. The summed E-state index contributed by atoms with van der Waals surface area (Å²) in [7, 11) is 0. The van der Waals surface area contributed by atoms with Crippen LogP contribution in [-0.2, 0) is 9.53 Å². The Hall–Kier alpha value is -1.51. The molecule has 19 heavy (non-hydrogen) atoms. The van der Waals surface area contributed by atoms with Crippen LogP contribution in [0.4, 0.5) is 0 Å². The lowest BCUT2D eigenvalue weighted by Gasteiger charge is -2.27. The van der Waals surface area contributed by atoms with E-state index in [0.29, 0.717) is 12.5 Å². The van der Waals surface area contributed by atoms with Gasteiger partial charge < -0.3 is 9.47 Å². The first-order chi connectivity index (χ1) is 9.29. The van der Waals surface area contributed by atoms with Gasteiger partial charge in [-0.25, -0.2) is 0 Å². The van der Waals surface area contributed by atoms with Crippen LogP contribution in [0, 0.1) is 11.8 Å². The van der Waals surface area contributed by atoms with Crippen LogP contribution in [0.25, 0.3) is 0 Å². The zero-order valence-corrected chi connectivity index (χ0v) is 11.5. The molecule has 0 radical (unpaired) electrons. The molecular weight excluding hydrogens is 240 g/mol. The summed E-state index contributed by atoms with van der Waals surface area (Å²) >= 11 is 0. The number of esters is 1. The standard InChI is InChI=1S/C16H22O3/c1-2-18-16(17)14-10-8-13(9-11-14)12-19-15-6-4-3-5-7-15/h3-7,13-14H,2,8-12H2,1H3. The van der Waals surface area contributed by atoms with Crippen molar-refractivity contribution in [2.75, 3.05) is 13.2 Å². The van der Waals surface area contributed by atoms with E-state index >= 15 is 0 Å². The Morgan fingerprint density at radius 3 is 2.47 bits per heavy atom. The molecule has 1 aliphatic rings. The first-order valence-corrected chi connectivity index (χ1v) is 7.14. The summed E-state index contributed by atoms with van der Waals surface area (Å²) in [5.41, 5.74) is 0. The van der Waals surface area contributed by atoms with E-state index < -0.39 is 0 Å². The normalized spacial score (nSPS) is 22.8. The van der Waals surface area contributed by atoms with Gasteiger partial charge in [-0.3, -0.25) is 4.79 Å². The third kappa shape index (κ3) is 4.27. The van der Waals surface area contributed by atoms with Gasteiger partial charge in [-0.2, -0.15) is 0 Å². The summed E-state index contributed by atoms with van der Waals surface area (Å²) in [4.78, 5) is 11.6. The largest absolute Gasteiger partial charge is 0.493 e. The molecule has 1 aliphatic carbocycles. The number of para-hydroxylation sites is 1. The van der Waals surface area contributed by atoms with Gasteiger partial charge in [0.2, 0.25) is 0 Å². The fourth-order valence-electron chi connectivity index (χ4n) is 2.56. The van der Waals surface area contributed by atoms with E-state index in [2.05, 4.69) is 0 Å². The molecule has 0 atom stereocenters. The zero-order chi connectivity index (χ0) is 13.5. The van der Waals surface area contributed by atoms with E-state index in [1.165, 1.54) is 0 Å². The van der Waals surface area contributed by atoms with Crippen molar-refractivity contribution >= 4 is 5.97 Å². The maximum absolute atomic E-state index is 11.6. The topological polar surface area (TPSA) is 35.5 Å². The zero-order valence-electron chi connectivity index (χ0n) is 11.5. The van der Waals surface area contributed by atoms with Crippen molar-refractivity contribution in [3.63, 3.8) is 0 Å². The third-order valence-corrected chi connectivity index (χ3v) is 3.70. The summed E-state index contributed by atoms with van der Waals surface area (Å²) in [5, 5.41) is 0. The Kier molecular flexibility index (Phi) is 5.25. The number of ether oxygens (including phenoxy) is 2. The van der Waals surface area contributed by atoms with Crippen LogP contribution < -0.4 is 4.74 Å². The predicted molar refractivity (Wildman–Crippen MR) is 74.0 cm³/mol. The number of rotatable bonds is 5. The number of carbonyl (C=O) groups is 1. The molecule has 3 nitrogen and oxygen atoms in total. The van der Waals surface area contributed by atoms with Gasteiger partial charge in [0.25, 0.3) is 0 Å². The van der Waals surface area contributed by atoms with E-state index in [1.807, 2.05) is 37.3 Å². The summed E-state index contributed by atoms with van der Waals surface area (Å²) in [5.74, 6) is 1.57. The van der Waals surface area contributed by atoms with Crippen LogP contribution in [0.5, 0.6) is 5.75 Å². The molecule has 0 aromatic heterocycles. The SMILES string of the molecule is CCOC(=O)C1CCC(COc2ccccc2)CC1. The van der Waals surface area contributed by atoms with Gasteiger partial charge in [-0.05, 0) is 50.7 Å². The van der Waals surface area contributed by atoms with Crippen molar-refractivity contribution in [2.24, 2.45) is 11.8 Å². The fourth-order valence-corrected chi connectivity index (χ4v) is 2.56. The molecule has 1 fully saturated rings. The van der Waals surface area contributed by atoms with Gasteiger partial charge in [0.15, 0.2) is 0 Å². The van der Waals surface area contributed by atoms with E-state index in [0.717, 1.165) is 38.0 Å². The highest BCUT2D eigenvalue weighted by Crippen LogP contribution is 2.30. The van der Waals surface area contributed by atoms with Crippen LogP contribution in [-0.4, -0.2) is 19.2 Å². The van der Waals surface area contributed by atoms with Crippen molar-refractivity contribution in [3.05, 3.63) is 30.3 Å². The van der Waals surface area contributed by atoms with E-state index in [4.69, 9.17) is 9.47 Å². The molecule has 0 saturated heterocycles. The lowest BCUT2D eigenvalue weighted by Crippen LogP contribution is -2.26. The molecular formula is C16H22O3. The molecule has 2 rings (SSSR count). The van der Waals surface area contributed by atoms with Crippen molar-refractivity contribution in [3.8, 4) is 5.75 Å². The van der Waals surface area contributed by atoms with E-state index in [1.54, 1.807) is 0 Å². The van der Waals surface area contributed by atoms with Crippen LogP contribution in [0.15, 0.2) is 30.3 Å². The predicted octanol–water partition coefficient (Wildman–Crippen LogP) is 3.43. The van der Waals surface area contributed by atoms with Crippen LogP contribution in [0.1, 0.15) is 32.6 Å². The molecule has 1 saturated carbocycles. The van der Waals surface area contributed by atoms with Crippen LogP contribution >= 0.6 is 0 Å². The highest BCUT2D eigenvalue weighted by Gasteiger charge is 2.27. The first kappa shape index (κ1) is 13.9. The summed E-state index contributed by atoms with van der Waals surface area (Å²) in [6.07, 6.45) is 3.97. The second kappa shape index (κ2) is 7.17. The lowest BCUT2D eigenvalue weighted by molar-refractivity contribution is -0.149. The van der Waals surface area contributed by atoms with Crippen molar-refractivity contribution in [1.29, 1.82) is 0 Å². The number of carbonyl (C=O) groups excluding carboxylic acids is 1. The van der Waals surface area contributed by atoms with Crippen LogP contribution in [0.3, 0.4) is 0 Å². The molecule has 1 aromatic carbocycles. The maximum Gasteiger partial charge on any atom is 0.308 e. The highest BCUT2D eigenvalue weighted by atomic mass is 16.5. The molecule has 104 valence electrons. The second-order valence-electron chi connectivity index (χ2n) is 5.09. The minimum atomic E-state index is -0.0232. The van der Waals surface area contributed by atoms with E-state index in [9.17, 15) is 4.79 Å². The van der Waals surface area contributed by atoms with Crippen molar-refractivity contribution in [2.45, 2.75) is 32.6 Å². The summed E-state index contributed by atoms with van der Waals surface area (Å²) < 4.78 is 10.8. The van der Waals surface area contributed by atoms with E-state index in [-0.39, 0.29) is 11.9 Å². The molecule has 0 aliphatic heterocycles. The number of benzene rings is 1. The first-order valence-electron chi connectivity index (χ1n) is 7.14. The van der Waals surface area contributed by atoms with Crippen LogP contribution in [0.2, 0.25) is 0 Å². The third-order valence-electron chi connectivity index (χ3n) is 3.70.